The van der Waals surface area contributed by atoms with Gasteiger partial charge in [-0.1, -0.05) is 0 Å². The van der Waals surface area contributed by atoms with Crippen molar-refractivity contribution in [3.05, 3.63) is 71.7 Å². The Morgan fingerprint density at radius 2 is 1.68 bits per heavy atom. The van der Waals surface area contributed by atoms with Gasteiger partial charge in [-0.3, -0.25) is 4.79 Å². The molecule has 0 bridgehead atoms. The highest BCUT2D eigenvalue weighted by atomic mass is 19.2. The zero-order valence-electron chi connectivity index (χ0n) is 11.1. The zero-order valence-corrected chi connectivity index (χ0v) is 11.1. The molecule has 0 saturated carbocycles. The van der Waals surface area contributed by atoms with Gasteiger partial charge in [0.15, 0.2) is 17.9 Å². The predicted octanol–water partition coefficient (Wildman–Crippen LogP) is 3.77. The third-order valence-electron chi connectivity index (χ3n) is 3.15. The molecule has 6 heteroatoms. The minimum atomic E-state index is -1.01. The molecule has 1 aromatic heterocycles. The molecule has 110 valence electrons. The SMILES string of the molecule is O=Cc1cn(-c2ccc(F)c(F)c2)nc1-c1ccc(F)cc1. The molecule has 0 aliphatic carbocycles. The third-order valence-corrected chi connectivity index (χ3v) is 3.15. The fourth-order valence-corrected chi connectivity index (χ4v) is 2.07. The minimum absolute atomic E-state index is 0.261. The summed E-state index contributed by atoms with van der Waals surface area (Å²) in [5.74, 6) is -2.38. The quantitative estimate of drug-likeness (QED) is 0.690. The molecule has 0 N–H and O–H groups in total. The third kappa shape index (κ3) is 2.50. The number of benzene rings is 2. The largest absolute Gasteiger partial charge is 0.298 e. The molecular formula is C16H9F3N2O. The Labute approximate surface area is 123 Å². The standard InChI is InChI=1S/C16H9F3N2O/c17-12-3-1-10(2-4-12)16-11(9-22)8-21(20-16)13-5-6-14(18)15(19)7-13/h1-9H. The number of aromatic nitrogens is 2. The van der Waals surface area contributed by atoms with Crippen LogP contribution in [-0.2, 0) is 0 Å². The maximum Gasteiger partial charge on any atom is 0.160 e. The van der Waals surface area contributed by atoms with Crippen LogP contribution in [0.25, 0.3) is 16.9 Å². The van der Waals surface area contributed by atoms with E-state index >= 15 is 0 Å². The van der Waals surface area contributed by atoms with Gasteiger partial charge in [0.25, 0.3) is 0 Å². The van der Waals surface area contributed by atoms with E-state index in [9.17, 15) is 18.0 Å². The first-order valence-electron chi connectivity index (χ1n) is 6.34. The Bertz CT molecular complexity index is 841. The summed E-state index contributed by atoms with van der Waals surface area (Å²) in [7, 11) is 0. The molecule has 1 heterocycles. The van der Waals surface area contributed by atoms with Gasteiger partial charge < -0.3 is 0 Å². The normalized spacial score (nSPS) is 10.7. The van der Waals surface area contributed by atoms with E-state index in [4.69, 9.17) is 0 Å². The van der Waals surface area contributed by atoms with Crippen molar-refractivity contribution in [3.8, 4) is 16.9 Å². The number of halogens is 3. The summed E-state index contributed by atoms with van der Waals surface area (Å²) in [4.78, 5) is 11.2. The number of aldehydes is 1. The van der Waals surface area contributed by atoms with Crippen molar-refractivity contribution in [1.82, 2.24) is 9.78 Å². The van der Waals surface area contributed by atoms with Crippen LogP contribution in [0.3, 0.4) is 0 Å². The second kappa shape index (κ2) is 5.48. The molecule has 0 fully saturated rings. The van der Waals surface area contributed by atoms with E-state index < -0.39 is 17.5 Å². The van der Waals surface area contributed by atoms with Gasteiger partial charge in [0.2, 0.25) is 0 Å². The van der Waals surface area contributed by atoms with E-state index in [1.807, 2.05) is 0 Å². The Kier molecular flexibility index (Phi) is 3.50. The van der Waals surface area contributed by atoms with Gasteiger partial charge in [-0.05, 0) is 36.4 Å². The summed E-state index contributed by atoms with van der Waals surface area (Å²) in [6, 6.07) is 8.77. The Morgan fingerprint density at radius 1 is 0.955 bits per heavy atom. The van der Waals surface area contributed by atoms with Crippen molar-refractivity contribution >= 4 is 6.29 Å². The molecule has 0 spiro atoms. The molecular weight excluding hydrogens is 293 g/mol. The summed E-state index contributed by atoms with van der Waals surface area (Å²) >= 11 is 0. The minimum Gasteiger partial charge on any atom is -0.298 e. The lowest BCUT2D eigenvalue weighted by Gasteiger charge is -2.02. The van der Waals surface area contributed by atoms with Crippen LogP contribution in [0.4, 0.5) is 13.2 Å². The average molecular weight is 302 g/mol. The molecule has 3 nitrogen and oxygen atoms in total. The first-order valence-corrected chi connectivity index (χ1v) is 6.34. The van der Waals surface area contributed by atoms with Crippen molar-refractivity contribution in [3.63, 3.8) is 0 Å². The van der Waals surface area contributed by atoms with Gasteiger partial charge in [-0.2, -0.15) is 5.10 Å². The molecule has 3 aromatic rings. The number of hydrogen-bond donors (Lipinski definition) is 0. The van der Waals surface area contributed by atoms with Crippen molar-refractivity contribution in [2.24, 2.45) is 0 Å². The van der Waals surface area contributed by atoms with Gasteiger partial charge in [0.05, 0.1) is 11.3 Å². The fraction of sp³-hybridized carbons (Fsp3) is 0. The van der Waals surface area contributed by atoms with Crippen LogP contribution >= 0.6 is 0 Å². The van der Waals surface area contributed by atoms with Gasteiger partial charge in [-0.25, -0.2) is 17.9 Å². The highest BCUT2D eigenvalue weighted by molar-refractivity contribution is 5.85. The zero-order chi connectivity index (χ0) is 15.7. The number of hydrogen-bond acceptors (Lipinski definition) is 2. The van der Waals surface area contributed by atoms with Gasteiger partial charge in [0.1, 0.15) is 11.5 Å². The van der Waals surface area contributed by atoms with Crippen LogP contribution in [0.5, 0.6) is 0 Å². The van der Waals surface area contributed by atoms with Crippen molar-refractivity contribution in [1.29, 1.82) is 0 Å². The highest BCUT2D eigenvalue weighted by Crippen LogP contribution is 2.23. The van der Waals surface area contributed by atoms with Crippen LogP contribution in [0.1, 0.15) is 10.4 Å². The predicted molar refractivity (Wildman–Crippen MR) is 74.3 cm³/mol. The van der Waals surface area contributed by atoms with Crippen LogP contribution in [-0.4, -0.2) is 16.1 Å². The number of carbonyl (C=O) groups excluding carboxylic acids is 1. The lowest BCUT2D eigenvalue weighted by atomic mass is 10.1. The summed E-state index contributed by atoms with van der Waals surface area (Å²) in [6.45, 7) is 0. The molecule has 0 amide bonds. The topological polar surface area (TPSA) is 34.9 Å². The van der Waals surface area contributed by atoms with E-state index in [2.05, 4.69) is 5.10 Å². The molecule has 0 aliphatic heterocycles. The van der Waals surface area contributed by atoms with Gasteiger partial charge in [0, 0.05) is 17.8 Å². The molecule has 3 rings (SSSR count). The first kappa shape index (κ1) is 14.1. The fourth-order valence-electron chi connectivity index (χ4n) is 2.07. The smallest absolute Gasteiger partial charge is 0.160 e. The number of rotatable bonds is 3. The van der Waals surface area contributed by atoms with Crippen molar-refractivity contribution in [2.75, 3.05) is 0 Å². The number of nitrogens with zero attached hydrogens (tertiary/aromatic N) is 2. The van der Waals surface area contributed by atoms with Gasteiger partial charge >= 0.3 is 0 Å². The van der Waals surface area contributed by atoms with E-state index in [0.29, 0.717) is 17.5 Å². The van der Waals surface area contributed by atoms with Crippen molar-refractivity contribution < 1.29 is 18.0 Å². The molecule has 0 radical (unpaired) electrons. The van der Waals surface area contributed by atoms with Crippen LogP contribution in [0.2, 0.25) is 0 Å². The monoisotopic (exact) mass is 302 g/mol. The highest BCUT2D eigenvalue weighted by Gasteiger charge is 2.13. The Hall–Kier alpha value is -2.89. The maximum absolute atomic E-state index is 13.3. The Morgan fingerprint density at radius 3 is 2.32 bits per heavy atom. The second-order valence-electron chi connectivity index (χ2n) is 4.60. The molecule has 22 heavy (non-hydrogen) atoms. The van der Waals surface area contributed by atoms with Gasteiger partial charge in [-0.15, -0.1) is 0 Å². The summed E-state index contributed by atoms with van der Waals surface area (Å²) in [5.41, 5.74) is 1.41. The van der Waals surface area contributed by atoms with E-state index in [-0.39, 0.29) is 11.3 Å². The maximum atomic E-state index is 13.3. The van der Waals surface area contributed by atoms with Crippen LogP contribution in [0, 0.1) is 17.5 Å². The Balaban J connectivity index is 2.09. The lowest BCUT2D eigenvalue weighted by molar-refractivity contribution is 0.112. The molecule has 0 aliphatic rings. The summed E-state index contributed by atoms with van der Waals surface area (Å²) in [6.07, 6.45) is 2.00. The molecule has 0 unspecified atom stereocenters. The van der Waals surface area contributed by atoms with Crippen LogP contribution < -0.4 is 0 Å². The lowest BCUT2D eigenvalue weighted by Crippen LogP contribution is -1.97. The van der Waals surface area contributed by atoms with E-state index in [0.717, 1.165) is 12.1 Å². The van der Waals surface area contributed by atoms with E-state index in [1.165, 1.54) is 41.2 Å². The molecule has 0 atom stereocenters. The summed E-state index contributed by atoms with van der Waals surface area (Å²) < 4.78 is 40.5. The molecule has 0 saturated heterocycles. The summed E-state index contributed by atoms with van der Waals surface area (Å²) in [5, 5.41) is 4.20. The molecule has 2 aromatic carbocycles. The number of carbonyl (C=O) groups is 1. The van der Waals surface area contributed by atoms with Crippen molar-refractivity contribution in [2.45, 2.75) is 0 Å². The second-order valence-corrected chi connectivity index (χ2v) is 4.60. The van der Waals surface area contributed by atoms with Crippen LogP contribution in [0.15, 0.2) is 48.7 Å². The average Bonchev–Trinajstić information content (AvgIpc) is 2.95. The van der Waals surface area contributed by atoms with E-state index in [1.54, 1.807) is 0 Å². The first-order chi connectivity index (χ1) is 10.6.